The highest BCUT2D eigenvalue weighted by molar-refractivity contribution is 8.02. The Hall–Kier alpha value is -1.20. The maximum absolute atomic E-state index is 5.48. The lowest BCUT2D eigenvalue weighted by Gasteiger charge is -2.25. The lowest BCUT2D eigenvalue weighted by atomic mass is 10.2. The quantitative estimate of drug-likeness (QED) is 0.802. The number of nitrogens with two attached hydrogens (primary N) is 1. The molecule has 1 aromatic carbocycles. The van der Waals surface area contributed by atoms with Crippen LogP contribution in [-0.4, -0.2) is 15.5 Å². The van der Waals surface area contributed by atoms with Gasteiger partial charge in [-0.15, -0.1) is 0 Å². The SMILES string of the molecule is NC(=S)NC1SC=CN1Cc1ccccc1. The van der Waals surface area contributed by atoms with Crippen molar-refractivity contribution >= 4 is 29.1 Å². The first-order chi connectivity index (χ1) is 7.75. The first-order valence-corrected chi connectivity index (χ1v) is 6.28. The van der Waals surface area contributed by atoms with E-state index in [2.05, 4.69) is 22.3 Å². The molecular formula is C11H13N3S2. The molecule has 0 fully saturated rings. The minimum atomic E-state index is 0.109. The molecule has 0 radical (unpaired) electrons. The Morgan fingerprint density at radius 2 is 2.19 bits per heavy atom. The number of hydrogen-bond donors (Lipinski definition) is 2. The van der Waals surface area contributed by atoms with E-state index in [0.29, 0.717) is 5.11 Å². The summed E-state index contributed by atoms with van der Waals surface area (Å²) in [6.45, 7) is 0.852. The Morgan fingerprint density at radius 1 is 1.44 bits per heavy atom. The molecule has 1 heterocycles. The fourth-order valence-electron chi connectivity index (χ4n) is 1.51. The van der Waals surface area contributed by atoms with E-state index in [1.165, 1.54) is 5.56 Å². The van der Waals surface area contributed by atoms with Crippen molar-refractivity contribution in [1.82, 2.24) is 10.2 Å². The topological polar surface area (TPSA) is 41.3 Å². The third kappa shape index (κ3) is 2.90. The molecule has 84 valence electrons. The summed E-state index contributed by atoms with van der Waals surface area (Å²) in [5.41, 5.74) is 6.86. The van der Waals surface area contributed by atoms with Gasteiger partial charge in [0, 0.05) is 12.7 Å². The molecule has 3 nitrogen and oxygen atoms in total. The molecule has 1 aromatic rings. The highest BCUT2D eigenvalue weighted by Gasteiger charge is 2.19. The van der Waals surface area contributed by atoms with Crippen molar-refractivity contribution in [3.63, 3.8) is 0 Å². The molecule has 0 bridgehead atoms. The van der Waals surface area contributed by atoms with E-state index in [9.17, 15) is 0 Å². The predicted molar refractivity (Wildman–Crippen MR) is 72.4 cm³/mol. The van der Waals surface area contributed by atoms with Gasteiger partial charge in [0.25, 0.3) is 0 Å². The summed E-state index contributed by atoms with van der Waals surface area (Å²) in [5, 5.41) is 5.42. The van der Waals surface area contributed by atoms with Crippen LogP contribution in [0.2, 0.25) is 0 Å². The van der Waals surface area contributed by atoms with E-state index < -0.39 is 0 Å². The number of thioether (sulfide) groups is 1. The average molecular weight is 251 g/mol. The van der Waals surface area contributed by atoms with Crippen molar-refractivity contribution in [2.24, 2.45) is 5.73 Å². The molecule has 0 aromatic heterocycles. The molecule has 0 spiro atoms. The molecule has 0 saturated carbocycles. The second-order valence-electron chi connectivity index (χ2n) is 3.44. The van der Waals surface area contributed by atoms with E-state index in [-0.39, 0.29) is 5.50 Å². The molecule has 5 heteroatoms. The molecule has 0 amide bonds. The summed E-state index contributed by atoms with van der Waals surface area (Å²) < 4.78 is 0. The highest BCUT2D eigenvalue weighted by Crippen LogP contribution is 2.24. The first-order valence-electron chi connectivity index (χ1n) is 4.93. The van der Waals surface area contributed by atoms with Crippen LogP contribution in [0.25, 0.3) is 0 Å². The van der Waals surface area contributed by atoms with Crippen molar-refractivity contribution in [3.05, 3.63) is 47.5 Å². The third-order valence-electron chi connectivity index (χ3n) is 2.23. The van der Waals surface area contributed by atoms with Gasteiger partial charge < -0.3 is 16.0 Å². The Morgan fingerprint density at radius 3 is 2.88 bits per heavy atom. The maximum Gasteiger partial charge on any atom is 0.165 e. The van der Waals surface area contributed by atoms with Gasteiger partial charge in [-0.1, -0.05) is 42.1 Å². The van der Waals surface area contributed by atoms with Crippen LogP contribution in [0, 0.1) is 0 Å². The van der Waals surface area contributed by atoms with E-state index in [1.807, 2.05) is 29.8 Å². The molecule has 0 aliphatic carbocycles. The monoisotopic (exact) mass is 251 g/mol. The van der Waals surface area contributed by atoms with Crippen LogP contribution < -0.4 is 11.1 Å². The molecule has 1 aliphatic rings. The fourth-order valence-corrected chi connectivity index (χ4v) is 2.57. The Balaban J connectivity index is 1.98. The second-order valence-corrected chi connectivity index (χ2v) is 4.87. The van der Waals surface area contributed by atoms with Crippen molar-refractivity contribution in [1.29, 1.82) is 0 Å². The standard InChI is InChI=1S/C11H13N3S2/c12-10(15)13-11-14(6-7-16-11)8-9-4-2-1-3-5-9/h1-7,11H,8H2,(H3,12,13,15). The van der Waals surface area contributed by atoms with E-state index in [4.69, 9.17) is 18.0 Å². The minimum absolute atomic E-state index is 0.109. The van der Waals surface area contributed by atoms with Gasteiger partial charge in [0.05, 0.1) is 0 Å². The predicted octanol–water partition coefficient (Wildman–Crippen LogP) is 1.82. The maximum atomic E-state index is 5.48. The van der Waals surface area contributed by atoms with Crippen LogP contribution in [0.5, 0.6) is 0 Å². The van der Waals surface area contributed by atoms with Crippen molar-refractivity contribution in [2.45, 2.75) is 12.0 Å². The summed E-state index contributed by atoms with van der Waals surface area (Å²) in [6, 6.07) is 10.3. The van der Waals surface area contributed by atoms with Crippen LogP contribution in [0.1, 0.15) is 5.56 Å². The number of benzene rings is 1. The Kier molecular flexibility index (Phi) is 3.69. The molecule has 1 atom stereocenters. The Labute approximate surface area is 105 Å². The van der Waals surface area contributed by atoms with Gasteiger partial charge in [-0.3, -0.25) is 0 Å². The molecule has 0 saturated heterocycles. The third-order valence-corrected chi connectivity index (χ3v) is 3.28. The normalized spacial score (nSPS) is 18.8. The van der Waals surface area contributed by atoms with Crippen LogP contribution in [0.4, 0.5) is 0 Å². The minimum Gasteiger partial charge on any atom is -0.376 e. The fraction of sp³-hybridized carbons (Fsp3) is 0.182. The molecule has 16 heavy (non-hydrogen) atoms. The largest absolute Gasteiger partial charge is 0.376 e. The van der Waals surface area contributed by atoms with Gasteiger partial charge in [0.1, 0.15) is 0 Å². The lowest BCUT2D eigenvalue weighted by molar-refractivity contribution is 0.340. The number of nitrogens with zero attached hydrogens (tertiary/aromatic N) is 1. The van der Waals surface area contributed by atoms with Gasteiger partial charge >= 0.3 is 0 Å². The molecule has 1 aliphatic heterocycles. The van der Waals surface area contributed by atoms with E-state index in [1.54, 1.807) is 11.8 Å². The summed E-state index contributed by atoms with van der Waals surface area (Å²) >= 11 is 6.51. The van der Waals surface area contributed by atoms with Crippen LogP contribution in [-0.2, 0) is 6.54 Å². The van der Waals surface area contributed by atoms with Gasteiger partial charge in [-0.25, -0.2) is 0 Å². The van der Waals surface area contributed by atoms with Gasteiger partial charge in [0.2, 0.25) is 0 Å². The zero-order valence-corrected chi connectivity index (χ0v) is 10.3. The first kappa shape index (κ1) is 11.3. The van der Waals surface area contributed by atoms with Crippen molar-refractivity contribution in [2.75, 3.05) is 0 Å². The van der Waals surface area contributed by atoms with E-state index in [0.717, 1.165) is 6.54 Å². The van der Waals surface area contributed by atoms with Gasteiger partial charge in [-0.05, 0) is 23.2 Å². The lowest BCUT2D eigenvalue weighted by Crippen LogP contribution is -2.43. The molecular weight excluding hydrogens is 238 g/mol. The van der Waals surface area contributed by atoms with Crippen molar-refractivity contribution < 1.29 is 0 Å². The van der Waals surface area contributed by atoms with Crippen molar-refractivity contribution in [3.8, 4) is 0 Å². The number of rotatable bonds is 3. The smallest absolute Gasteiger partial charge is 0.165 e. The second kappa shape index (κ2) is 5.23. The number of nitrogens with one attached hydrogen (secondary N) is 1. The van der Waals surface area contributed by atoms with Crippen LogP contribution >= 0.6 is 24.0 Å². The van der Waals surface area contributed by atoms with E-state index >= 15 is 0 Å². The van der Waals surface area contributed by atoms with Gasteiger partial charge in [-0.2, -0.15) is 0 Å². The summed E-state index contributed by atoms with van der Waals surface area (Å²) in [7, 11) is 0. The number of thiocarbonyl (C=S) groups is 1. The highest BCUT2D eigenvalue weighted by atomic mass is 32.2. The summed E-state index contributed by atoms with van der Waals surface area (Å²) in [5.74, 6) is 0. The Bertz CT molecular complexity index is 391. The summed E-state index contributed by atoms with van der Waals surface area (Å²) in [4.78, 5) is 2.17. The zero-order valence-electron chi connectivity index (χ0n) is 8.67. The van der Waals surface area contributed by atoms with Crippen LogP contribution in [0.15, 0.2) is 41.9 Å². The van der Waals surface area contributed by atoms with Gasteiger partial charge in [0.15, 0.2) is 10.6 Å². The molecule has 1 unspecified atom stereocenters. The summed E-state index contributed by atoms with van der Waals surface area (Å²) in [6.07, 6.45) is 2.05. The average Bonchev–Trinajstić information content (AvgIpc) is 2.66. The molecule has 3 N–H and O–H groups in total. The molecule has 2 rings (SSSR count). The zero-order chi connectivity index (χ0) is 11.4. The van der Waals surface area contributed by atoms with Crippen LogP contribution in [0.3, 0.4) is 0 Å². The number of hydrogen-bond acceptors (Lipinski definition) is 3.